The molecule has 0 spiro atoms. The summed E-state index contributed by atoms with van der Waals surface area (Å²) in [6.07, 6.45) is 0.478. The van der Waals surface area contributed by atoms with Crippen LogP contribution in [0.3, 0.4) is 0 Å². The number of carbonyl (C=O) groups excluding carboxylic acids is 5. The van der Waals surface area contributed by atoms with Gasteiger partial charge in [-0.15, -0.1) is 0 Å². The van der Waals surface area contributed by atoms with Gasteiger partial charge in [0.15, 0.2) is 5.78 Å². The smallest absolute Gasteiger partial charge is 0.345 e. The number of hydrazine groups is 1. The second kappa shape index (κ2) is 11.8. The van der Waals surface area contributed by atoms with E-state index in [2.05, 4.69) is 0 Å². The minimum absolute atomic E-state index is 0.0382. The van der Waals surface area contributed by atoms with Gasteiger partial charge in [-0.1, -0.05) is 46.9 Å². The molecule has 1 aliphatic heterocycles. The zero-order valence-corrected chi connectivity index (χ0v) is 21.9. The molecule has 4 rings (SSSR count). The third-order valence-corrected chi connectivity index (χ3v) is 6.54. The number of ketones is 1. The Balaban J connectivity index is 1.54. The summed E-state index contributed by atoms with van der Waals surface area (Å²) < 4.78 is 5.32. The van der Waals surface area contributed by atoms with Gasteiger partial charge in [-0.25, -0.2) is 9.80 Å². The molecule has 0 radical (unpaired) electrons. The Morgan fingerprint density at radius 2 is 1.47 bits per heavy atom. The second-order valence-corrected chi connectivity index (χ2v) is 9.51. The van der Waals surface area contributed by atoms with E-state index in [9.17, 15) is 24.0 Å². The van der Waals surface area contributed by atoms with Gasteiger partial charge in [-0.3, -0.25) is 19.2 Å². The number of amides is 3. The lowest BCUT2D eigenvalue weighted by molar-refractivity contribution is -0.162. The third kappa shape index (κ3) is 6.05. The molecule has 194 valence electrons. The normalized spacial score (nSPS) is 13.3. The van der Waals surface area contributed by atoms with Crippen LogP contribution in [0.5, 0.6) is 5.75 Å². The molecule has 8 nitrogen and oxygen atoms in total. The summed E-state index contributed by atoms with van der Waals surface area (Å²) >= 11 is 18.1. The fourth-order valence-corrected chi connectivity index (χ4v) is 4.47. The van der Waals surface area contributed by atoms with Crippen molar-refractivity contribution in [2.24, 2.45) is 0 Å². The lowest BCUT2D eigenvalue weighted by Gasteiger charge is -2.35. The van der Waals surface area contributed by atoms with Gasteiger partial charge in [0.25, 0.3) is 5.91 Å². The maximum absolute atomic E-state index is 13.3. The van der Waals surface area contributed by atoms with E-state index in [4.69, 9.17) is 39.5 Å². The standard InChI is InChI=1S/C27H19Cl3N2O6/c28-17-10-13-20(22(30)14-17)27(37)38-18-11-8-16(9-12-18)23(33)15-31(32-24(34)6-3-7-25(32)35)26(36)19-4-1-2-5-21(19)29/h1-2,4-5,8-14H,3,6-7,15H2. The number of imide groups is 1. The van der Waals surface area contributed by atoms with E-state index in [0.717, 1.165) is 10.0 Å². The van der Waals surface area contributed by atoms with Crippen LogP contribution in [0.2, 0.25) is 15.1 Å². The number of benzene rings is 3. The predicted molar refractivity (Wildman–Crippen MR) is 140 cm³/mol. The fourth-order valence-electron chi connectivity index (χ4n) is 3.77. The highest BCUT2D eigenvalue weighted by Crippen LogP contribution is 2.24. The first-order valence-corrected chi connectivity index (χ1v) is 12.5. The maximum Gasteiger partial charge on any atom is 0.345 e. The Bertz CT molecular complexity index is 1420. The number of rotatable bonds is 7. The van der Waals surface area contributed by atoms with Crippen molar-refractivity contribution in [3.8, 4) is 5.75 Å². The highest BCUT2D eigenvalue weighted by atomic mass is 35.5. The van der Waals surface area contributed by atoms with E-state index >= 15 is 0 Å². The van der Waals surface area contributed by atoms with Crippen molar-refractivity contribution in [2.45, 2.75) is 19.3 Å². The lowest BCUT2D eigenvalue weighted by Crippen LogP contribution is -2.56. The first-order valence-electron chi connectivity index (χ1n) is 11.4. The van der Waals surface area contributed by atoms with Crippen molar-refractivity contribution in [3.05, 3.63) is 98.5 Å². The van der Waals surface area contributed by atoms with E-state index in [-0.39, 0.29) is 45.3 Å². The molecule has 0 atom stereocenters. The number of carbonyl (C=O) groups is 5. The van der Waals surface area contributed by atoms with E-state index < -0.39 is 36.0 Å². The van der Waals surface area contributed by atoms with Crippen LogP contribution in [0.4, 0.5) is 0 Å². The van der Waals surface area contributed by atoms with Crippen molar-refractivity contribution in [1.82, 2.24) is 10.0 Å². The van der Waals surface area contributed by atoms with Crippen molar-refractivity contribution in [2.75, 3.05) is 6.54 Å². The number of nitrogens with zero attached hydrogens (tertiary/aromatic N) is 2. The lowest BCUT2D eigenvalue weighted by atomic mass is 10.1. The summed E-state index contributed by atoms with van der Waals surface area (Å²) in [6, 6.07) is 16.1. The van der Waals surface area contributed by atoms with Crippen molar-refractivity contribution >= 4 is 64.3 Å². The molecule has 0 aliphatic carbocycles. The molecule has 0 saturated carbocycles. The van der Waals surface area contributed by atoms with Crippen LogP contribution >= 0.6 is 34.8 Å². The van der Waals surface area contributed by atoms with Gasteiger partial charge in [-0.05, 0) is 61.0 Å². The van der Waals surface area contributed by atoms with Gasteiger partial charge >= 0.3 is 5.97 Å². The third-order valence-electron chi connectivity index (χ3n) is 5.67. The van der Waals surface area contributed by atoms with E-state index in [1.54, 1.807) is 12.1 Å². The first-order chi connectivity index (χ1) is 18.2. The molecule has 3 aromatic rings. The van der Waals surface area contributed by atoms with Crippen LogP contribution in [0, 0.1) is 0 Å². The van der Waals surface area contributed by atoms with Gasteiger partial charge in [0.2, 0.25) is 11.8 Å². The highest BCUT2D eigenvalue weighted by molar-refractivity contribution is 6.36. The van der Waals surface area contributed by atoms with Crippen molar-refractivity contribution in [3.63, 3.8) is 0 Å². The SMILES string of the molecule is O=C(CN(C(=O)c1ccccc1Cl)N1C(=O)CCCC1=O)c1ccc(OC(=O)c2ccc(Cl)cc2Cl)cc1. The van der Waals surface area contributed by atoms with Crippen LogP contribution in [0.15, 0.2) is 66.7 Å². The summed E-state index contributed by atoms with van der Waals surface area (Å²) in [4.78, 5) is 64.1. The largest absolute Gasteiger partial charge is 0.423 e. The van der Waals surface area contributed by atoms with Gasteiger partial charge in [0, 0.05) is 23.4 Å². The Labute approximate surface area is 232 Å². The topological polar surface area (TPSA) is 101 Å². The number of hydrogen-bond acceptors (Lipinski definition) is 6. The van der Waals surface area contributed by atoms with Crippen LogP contribution in [-0.4, -0.2) is 46.0 Å². The van der Waals surface area contributed by atoms with Crippen LogP contribution in [0.25, 0.3) is 0 Å². The number of hydrogen-bond donors (Lipinski definition) is 0. The molecule has 0 N–H and O–H groups in total. The molecule has 3 aromatic carbocycles. The number of ether oxygens (including phenoxy) is 1. The van der Waals surface area contributed by atoms with E-state index in [0.29, 0.717) is 11.4 Å². The maximum atomic E-state index is 13.3. The molecule has 0 unspecified atom stereocenters. The van der Waals surface area contributed by atoms with Crippen LogP contribution < -0.4 is 4.74 Å². The number of piperidine rings is 1. The average molecular weight is 574 g/mol. The Morgan fingerprint density at radius 3 is 2.11 bits per heavy atom. The van der Waals surface area contributed by atoms with Crippen LogP contribution in [0.1, 0.15) is 50.3 Å². The molecule has 3 amide bonds. The molecule has 1 saturated heterocycles. The van der Waals surface area contributed by atoms with Gasteiger partial charge in [0.1, 0.15) is 12.3 Å². The van der Waals surface area contributed by atoms with Gasteiger partial charge in [-0.2, -0.15) is 5.01 Å². The number of esters is 1. The van der Waals surface area contributed by atoms with Crippen molar-refractivity contribution < 1.29 is 28.7 Å². The molecular formula is C27H19Cl3N2O6. The Hall–Kier alpha value is -3.72. The zero-order chi connectivity index (χ0) is 27.4. The summed E-state index contributed by atoms with van der Waals surface area (Å²) in [7, 11) is 0. The molecular weight excluding hydrogens is 555 g/mol. The summed E-state index contributed by atoms with van der Waals surface area (Å²) in [6.45, 7) is -0.596. The minimum Gasteiger partial charge on any atom is -0.423 e. The molecule has 1 aliphatic rings. The minimum atomic E-state index is -0.766. The number of halogens is 3. The van der Waals surface area contributed by atoms with E-state index in [1.807, 2.05) is 0 Å². The molecule has 11 heteroatoms. The molecule has 1 heterocycles. The highest BCUT2D eigenvalue weighted by Gasteiger charge is 2.36. The molecule has 0 bridgehead atoms. The summed E-state index contributed by atoms with van der Waals surface area (Å²) in [5.74, 6) is -3.07. The van der Waals surface area contributed by atoms with Gasteiger partial charge in [0.05, 0.1) is 21.2 Å². The van der Waals surface area contributed by atoms with Crippen molar-refractivity contribution in [1.29, 1.82) is 0 Å². The van der Waals surface area contributed by atoms with Gasteiger partial charge < -0.3 is 4.74 Å². The number of Topliss-reactive ketones (excluding diaryl/α,β-unsaturated/α-hetero) is 1. The average Bonchev–Trinajstić information content (AvgIpc) is 2.88. The van der Waals surface area contributed by atoms with Crippen LogP contribution in [-0.2, 0) is 9.59 Å². The Morgan fingerprint density at radius 1 is 0.816 bits per heavy atom. The summed E-state index contributed by atoms with van der Waals surface area (Å²) in [5.41, 5.74) is 0.306. The summed E-state index contributed by atoms with van der Waals surface area (Å²) in [5, 5.41) is 2.14. The first kappa shape index (κ1) is 27.3. The molecule has 0 aromatic heterocycles. The molecule has 38 heavy (non-hydrogen) atoms. The quantitative estimate of drug-likeness (QED) is 0.157. The monoisotopic (exact) mass is 572 g/mol. The predicted octanol–water partition coefficient (Wildman–Crippen LogP) is 5.65. The fraction of sp³-hybridized carbons (Fsp3) is 0.148. The zero-order valence-electron chi connectivity index (χ0n) is 19.7. The Kier molecular flexibility index (Phi) is 8.46. The van der Waals surface area contributed by atoms with E-state index in [1.165, 1.54) is 54.6 Å². The second-order valence-electron chi connectivity index (χ2n) is 8.26. The molecule has 1 fully saturated rings.